The molecule has 0 fully saturated rings. The minimum Gasteiger partial charge on any atom is -0.481 e. The first-order chi connectivity index (χ1) is 22.5. The summed E-state index contributed by atoms with van der Waals surface area (Å²) in [6.07, 6.45) is 11.4. The number of carbonyl (C=O) groups excluding carboxylic acids is 1. The molecule has 0 spiro atoms. The minimum absolute atomic E-state index is 0.107. The van der Waals surface area contributed by atoms with Crippen molar-refractivity contribution in [2.45, 2.75) is 23.2 Å². The molecular formula is C31H41N5O8S2. The van der Waals surface area contributed by atoms with Crippen LogP contribution in [0.3, 0.4) is 0 Å². The van der Waals surface area contributed by atoms with E-state index >= 15 is 0 Å². The Hall–Kier alpha value is -3.18. The number of ether oxygens (including phenoxy) is 5. The van der Waals surface area contributed by atoms with Gasteiger partial charge in [-0.3, -0.25) is 9.59 Å². The second kappa shape index (κ2) is 22.4. The van der Waals surface area contributed by atoms with E-state index in [2.05, 4.69) is 25.3 Å². The number of carboxylic acids is 1. The summed E-state index contributed by atoms with van der Waals surface area (Å²) in [6.45, 7) is 4.50. The molecule has 3 rings (SSSR count). The highest BCUT2D eigenvalue weighted by molar-refractivity contribution is 7.98. The highest BCUT2D eigenvalue weighted by Gasteiger charge is 2.13. The standard InChI is InChI=1S/C31H41N5O8S2/c1-45-30-33-19-26(20-34-30)23-16-24(27-21-35-31(46-2)36-22-27)18-25(17-23)29(39)32-5-7-41-9-11-43-13-15-44-14-12-42-10-8-40-6-3-4-28(37)38/h16-22H,3-15H2,1-2H3,(H,32,39)(H,37,38). The maximum absolute atomic E-state index is 13.1. The van der Waals surface area contributed by atoms with Gasteiger partial charge in [-0.05, 0) is 48.3 Å². The summed E-state index contributed by atoms with van der Waals surface area (Å²) in [5, 5.41) is 12.8. The van der Waals surface area contributed by atoms with E-state index in [-0.39, 0.29) is 12.3 Å². The van der Waals surface area contributed by atoms with Crippen molar-refractivity contribution in [3.05, 3.63) is 48.5 Å². The second-order valence-electron chi connectivity index (χ2n) is 9.53. The van der Waals surface area contributed by atoms with Crippen LogP contribution in [0.25, 0.3) is 22.3 Å². The van der Waals surface area contributed by atoms with Crippen molar-refractivity contribution in [1.82, 2.24) is 25.3 Å². The van der Waals surface area contributed by atoms with Gasteiger partial charge in [-0.15, -0.1) is 0 Å². The van der Waals surface area contributed by atoms with Crippen LogP contribution in [0.15, 0.2) is 53.3 Å². The van der Waals surface area contributed by atoms with Gasteiger partial charge >= 0.3 is 5.97 Å². The molecule has 0 aliphatic rings. The fourth-order valence-corrected chi connectivity index (χ4v) is 4.51. The third-order valence-electron chi connectivity index (χ3n) is 6.18. The molecular weight excluding hydrogens is 635 g/mol. The zero-order chi connectivity index (χ0) is 32.8. The third-order valence-corrected chi connectivity index (χ3v) is 7.33. The molecule has 15 heteroatoms. The Morgan fingerprint density at radius 2 is 1.04 bits per heavy atom. The summed E-state index contributed by atoms with van der Waals surface area (Å²) in [4.78, 5) is 41.0. The Labute approximate surface area is 277 Å². The molecule has 0 aliphatic carbocycles. The summed E-state index contributed by atoms with van der Waals surface area (Å²) in [5.74, 6) is -1.05. The van der Waals surface area contributed by atoms with E-state index in [0.29, 0.717) is 94.9 Å². The maximum Gasteiger partial charge on any atom is 0.303 e. The van der Waals surface area contributed by atoms with E-state index in [1.165, 1.54) is 23.5 Å². The van der Waals surface area contributed by atoms with E-state index in [4.69, 9.17) is 28.8 Å². The summed E-state index contributed by atoms with van der Waals surface area (Å²) >= 11 is 2.92. The van der Waals surface area contributed by atoms with Crippen LogP contribution in [-0.4, -0.2) is 122 Å². The lowest BCUT2D eigenvalue weighted by molar-refractivity contribution is -0.137. The van der Waals surface area contributed by atoms with E-state index < -0.39 is 5.97 Å². The number of carboxylic acid groups (broad SMARTS) is 1. The summed E-state index contributed by atoms with van der Waals surface area (Å²) in [5.41, 5.74) is 3.71. The summed E-state index contributed by atoms with van der Waals surface area (Å²) in [7, 11) is 0. The Morgan fingerprint density at radius 3 is 1.46 bits per heavy atom. The largest absolute Gasteiger partial charge is 0.481 e. The average Bonchev–Trinajstić information content (AvgIpc) is 3.08. The van der Waals surface area contributed by atoms with Crippen LogP contribution in [0.5, 0.6) is 0 Å². The number of thioether (sulfide) groups is 2. The van der Waals surface area contributed by atoms with Crippen molar-refractivity contribution in [3.63, 3.8) is 0 Å². The average molecular weight is 676 g/mol. The van der Waals surface area contributed by atoms with E-state index in [0.717, 1.165) is 22.3 Å². The number of rotatable bonds is 24. The Morgan fingerprint density at radius 1 is 0.630 bits per heavy atom. The van der Waals surface area contributed by atoms with Gasteiger partial charge in [0.05, 0.1) is 59.5 Å². The van der Waals surface area contributed by atoms with Gasteiger partial charge in [-0.1, -0.05) is 23.5 Å². The quantitative estimate of drug-likeness (QED) is 0.0802. The highest BCUT2D eigenvalue weighted by Crippen LogP contribution is 2.28. The zero-order valence-electron chi connectivity index (χ0n) is 26.1. The molecule has 0 atom stereocenters. The van der Waals surface area contributed by atoms with Crippen LogP contribution in [-0.2, 0) is 28.5 Å². The predicted molar refractivity (Wildman–Crippen MR) is 175 cm³/mol. The highest BCUT2D eigenvalue weighted by atomic mass is 32.2. The monoisotopic (exact) mass is 675 g/mol. The SMILES string of the molecule is CSc1ncc(-c2cc(C(=O)NCCOCCOCCOCCOCCOCCCC(=O)O)cc(-c3cnc(SC)nc3)c2)cn1. The van der Waals surface area contributed by atoms with Crippen molar-refractivity contribution >= 4 is 35.4 Å². The first-order valence-electron chi connectivity index (χ1n) is 14.8. The van der Waals surface area contributed by atoms with Crippen LogP contribution in [0.4, 0.5) is 0 Å². The number of carbonyl (C=O) groups is 2. The molecule has 13 nitrogen and oxygen atoms in total. The van der Waals surface area contributed by atoms with E-state index in [1.807, 2.05) is 30.7 Å². The molecule has 0 radical (unpaired) electrons. The predicted octanol–water partition coefficient (Wildman–Crippen LogP) is 3.72. The number of hydrogen-bond donors (Lipinski definition) is 2. The Bertz CT molecular complexity index is 1250. The van der Waals surface area contributed by atoms with Gasteiger partial charge in [0, 0.05) is 61.1 Å². The molecule has 0 aliphatic heterocycles. The molecule has 1 amide bonds. The molecule has 0 saturated heterocycles. The van der Waals surface area contributed by atoms with Crippen LogP contribution in [0.1, 0.15) is 23.2 Å². The fraction of sp³-hybridized carbons (Fsp3) is 0.484. The Balaban J connectivity index is 1.31. The van der Waals surface area contributed by atoms with Gasteiger partial charge in [-0.2, -0.15) is 0 Å². The van der Waals surface area contributed by atoms with Gasteiger partial charge < -0.3 is 34.1 Å². The normalized spacial score (nSPS) is 11.1. The lowest BCUT2D eigenvalue weighted by atomic mass is 9.98. The lowest BCUT2D eigenvalue weighted by Crippen LogP contribution is -2.27. The molecule has 2 heterocycles. The number of nitrogens with one attached hydrogen (secondary N) is 1. The van der Waals surface area contributed by atoms with Crippen LogP contribution < -0.4 is 5.32 Å². The fourth-order valence-electron chi connectivity index (χ4n) is 3.88. The van der Waals surface area contributed by atoms with Crippen molar-refractivity contribution in [2.75, 3.05) is 85.1 Å². The lowest BCUT2D eigenvalue weighted by Gasteiger charge is -2.11. The minimum atomic E-state index is -0.821. The number of nitrogens with zero attached hydrogens (tertiary/aromatic N) is 4. The topological polar surface area (TPSA) is 164 Å². The van der Waals surface area contributed by atoms with Crippen molar-refractivity contribution in [1.29, 1.82) is 0 Å². The van der Waals surface area contributed by atoms with Gasteiger partial charge in [0.25, 0.3) is 5.91 Å². The molecule has 0 bridgehead atoms. The number of amides is 1. The first-order valence-corrected chi connectivity index (χ1v) is 17.2. The van der Waals surface area contributed by atoms with E-state index in [9.17, 15) is 9.59 Å². The van der Waals surface area contributed by atoms with Gasteiger partial charge in [0.15, 0.2) is 10.3 Å². The smallest absolute Gasteiger partial charge is 0.303 e. The summed E-state index contributed by atoms with van der Waals surface area (Å²) < 4.78 is 27.2. The molecule has 250 valence electrons. The molecule has 3 aromatic rings. The van der Waals surface area contributed by atoms with E-state index in [1.54, 1.807) is 24.8 Å². The maximum atomic E-state index is 13.1. The van der Waals surface area contributed by atoms with Crippen molar-refractivity contribution < 1.29 is 38.4 Å². The van der Waals surface area contributed by atoms with Crippen LogP contribution in [0, 0.1) is 0 Å². The van der Waals surface area contributed by atoms with Gasteiger partial charge in [0.2, 0.25) is 0 Å². The zero-order valence-corrected chi connectivity index (χ0v) is 27.8. The molecule has 0 unspecified atom stereocenters. The molecule has 0 saturated carbocycles. The van der Waals surface area contributed by atoms with Crippen LogP contribution >= 0.6 is 23.5 Å². The second-order valence-corrected chi connectivity index (χ2v) is 11.1. The molecule has 2 N–H and O–H groups in total. The number of aliphatic carboxylic acids is 1. The third kappa shape index (κ3) is 14.5. The molecule has 46 heavy (non-hydrogen) atoms. The van der Waals surface area contributed by atoms with Crippen molar-refractivity contribution in [3.8, 4) is 22.3 Å². The van der Waals surface area contributed by atoms with Gasteiger partial charge in [0.1, 0.15) is 0 Å². The van der Waals surface area contributed by atoms with Crippen LogP contribution in [0.2, 0.25) is 0 Å². The summed E-state index contributed by atoms with van der Waals surface area (Å²) in [6, 6.07) is 5.61. The molecule has 2 aromatic heterocycles. The number of benzene rings is 1. The Kier molecular flexibility index (Phi) is 18.1. The first kappa shape index (κ1) is 37.3. The van der Waals surface area contributed by atoms with Crippen molar-refractivity contribution in [2.24, 2.45) is 0 Å². The number of hydrogen-bond acceptors (Lipinski definition) is 13. The number of aromatic nitrogens is 4. The molecule has 1 aromatic carbocycles. The van der Waals surface area contributed by atoms with Gasteiger partial charge in [-0.25, -0.2) is 19.9 Å².